The van der Waals surface area contributed by atoms with Crippen LogP contribution >= 0.6 is 0 Å². The average molecular weight is 901 g/mol. The number of hydrogen-bond acceptors (Lipinski definition) is 10. The van der Waals surface area contributed by atoms with E-state index in [-0.39, 0.29) is 24.0 Å². The molecule has 66 heavy (non-hydrogen) atoms. The zero-order valence-corrected chi connectivity index (χ0v) is 37.8. The molecule has 0 fully saturated rings. The molecule has 0 bridgehead atoms. The monoisotopic (exact) mass is 900 g/mol. The molecule has 0 radical (unpaired) electrons. The van der Waals surface area contributed by atoms with Crippen molar-refractivity contribution < 1.29 is 47.4 Å². The SMILES string of the molecule is COC(=O)c1ccc(OCCOCCOCCOc2ccc(C(C)(c3ccc[nH]3)c3ccc[nH]3)cc2)c(OCCOCCOCCOc2ccc(C(C)(c3ccc[nH]3)c3ccc[nH]3)cc2)c1. The van der Waals surface area contributed by atoms with Gasteiger partial charge in [-0.2, -0.15) is 0 Å². The molecule has 0 aliphatic heterocycles. The maximum absolute atomic E-state index is 12.2. The molecule has 4 heterocycles. The minimum atomic E-state index is -0.477. The van der Waals surface area contributed by atoms with Gasteiger partial charge < -0.3 is 62.6 Å². The van der Waals surface area contributed by atoms with Crippen molar-refractivity contribution in [3.05, 3.63) is 180 Å². The first kappa shape index (κ1) is 47.3. The minimum absolute atomic E-state index is 0.233. The summed E-state index contributed by atoms with van der Waals surface area (Å²) in [5, 5.41) is 0. The Labute approximate surface area is 385 Å². The summed E-state index contributed by atoms with van der Waals surface area (Å²) in [5.74, 6) is 1.93. The van der Waals surface area contributed by atoms with Gasteiger partial charge in [0.2, 0.25) is 0 Å². The van der Waals surface area contributed by atoms with Crippen LogP contribution in [0.1, 0.15) is 58.1 Å². The van der Waals surface area contributed by atoms with Gasteiger partial charge in [0.15, 0.2) is 11.5 Å². The Morgan fingerprint density at radius 1 is 0.424 bits per heavy atom. The van der Waals surface area contributed by atoms with E-state index in [1.54, 1.807) is 18.2 Å². The van der Waals surface area contributed by atoms with Gasteiger partial charge in [-0.3, -0.25) is 0 Å². The fourth-order valence-corrected chi connectivity index (χ4v) is 7.73. The zero-order chi connectivity index (χ0) is 45.9. The molecular formula is C52H60N4O10. The van der Waals surface area contributed by atoms with Gasteiger partial charge in [-0.25, -0.2) is 4.79 Å². The first-order valence-corrected chi connectivity index (χ1v) is 22.2. The largest absolute Gasteiger partial charge is 0.491 e. The summed E-state index contributed by atoms with van der Waals surface area (Å²) in [6.45, 7) is 8.77. The van der Waals surface area contributed by atoms with Crippen LogP contribution in [0, 0.1) is 0 Å². The van der Waals surface area contributed by atoms with Crippen LogP contribution in [0.2, 0.25) is 0 Å². The highest BCUT2D eigenvalue weighted by atomic mass is 16.6. The number of esters is 1. The van der Waals surface area contributed by atoms with E-state index >= 15 is 0 Å². The second kappa shape index (κ2) is 24.0. The van der Waals surface area contributed by atoms with E-state index < -0.39 is 5.97 Å². The van der Waals surface area contributed by atoms with Gasteiger partial charge in [0.1, 0.15) is 37.9 Å². The summed E-state index contributed by atoms with van der Waals surface area (Å²) < 4.78 is 51.5. The number of H-pyrrole nitrogens is 4. The Kier molecular flexibility index (Phi) is 17.2. The topological polar surface area (TPSA) is 163 Å². The fraction of sp³-hybridized carbons (Fsp3) is 0.327. The first-order chi connectivity index (χ1) is 32.4. The Bertz CT molecular complexity index is 2350. The molecule has 0 saturated heterocycles. The van der Waals surface area contributed by atoms with Crippen molar-refractivity contribution in [2.24, 2.45) is 0 Å². The van der Waals surface area contributed by atoms with E-state index in [2.05, 4.69) is 82.3 Å². The highest BCUT2D eigenvalue weighted by molar-refractivity contribution is 5.90. The summed E-state index contributed by atoms with van der Waals surface area (Å²) in [7, 11) is 1.33. The molecule has 0 aliphatic rings. The summed E-state index contributed by atoms with van der Waals surface area (Å²) in [5.41, 5.74) is 6.30. The van der Waals surface area contributed by atoms with Crippen molar-refractivity contribution in [2.75, 3.05) is 86.4 Å². The normalized spacial score (nSPS) is 11.7. The van der Waals surface area contributed by atoms with Gasteiger partial charge in [-0.1, -0.05) is 24.3 Å². The summed E-state index contributed by atoms with van der Waals surface area (Å²) in [4.78, 5) is 25.7. The van der Waals surface area contributed by atoms with Gasteiger partial charge in [0.05, 0.1) is 76.4 Å². The van der Waals surface area contributed by atoms with Crippen LogP contribution in [-0.4, -0.2) is 112 Å². The number of hydrogen-bond donors (Lipinski definition) is 4. The number of ether oxygens (including phenoxy) is 9. The third kappa shape index (κ3) is 12.1. The highest BCUT2D eigenvalue weighted by Gasteiger charge is 2.34. The van der Waals surface area contributed by atoms with Gasteiger partial charge in [0.25, 0.3) is 0 Å². The summed E-state index contributed by atoms with van der Waals surface area (Å²) >= 11 is 0. The van der Waals surface area contributed by atoms with E-state index in [9.17, 15) is 4.79 Å². The lowest BCUT2D eigenvalue weighted by atomic mass is 9.77. The van der Waals surface area contributed by atoms with Crippen LogP contribution in [-0.2, 0) is 34.5 Å². The maximum atomic E-state index is 12.2. The molecule has 7 rings (SSSR count). The molecule has 4 aromatic heterocycles. The molecule has 0 amide bonds. The Hall–Kier alpha value is -6.71. The van der Waals surface area contributed by atoms with Crippen molar-refractivity contribution in [3.63, 3.8) is 0 Å². The van der Waals surface area contributed by atoms with Crippen LogP contribution in [0.5, 0.6) is 23.0 Å². The third-order valence-electron chi connectivity index (χ3n) is 11.5. The quantitative estimate of drug-likeness (QED) is 0.0265. The third-order valence-corrected chi connectivity index (χ3v) is 11.5. The molecule has 4 N–H and O–H groups in total. The number of carbonyl (C=O) groups excluding carboxylic acids is 1. The molecule has 348 valence electrons. The summed E-state index contributed by atoms with van der Waals surface area (Å²) in [6, 6.07) is 37.6. The second-order valence-corrected chi connectivity index (χ2v) is 15.6. The second-order valence-electron chi connectivity index (χ2n) is 15.6. The molecule has 14 nitrogen and oxygen atoms in total. The lowest BCUT2D eigenvalue weighted by Crippen LogP contribution is -2.26. The molecule has 0 atom stereocenters. The van der Waals surface area contributed by atoms with Crippen molar-refractivity contribution in [2.45, 2.75) is 24.7 Å². The maximum Gasteiger partial charge on any atom is 0.337 e. The smallest absolute Gasteiger partial charge is 0.337 e. The number of aromatic amines is 4. The molecule has 0 saturated carbocycles. The molecular weight excluding hydrogens is 841 g/mol. The molecule has 0 spiro atoms. The van der Waals surface area contributed by atoms with Gasteiger partial charge in [-0.15, -0.1) is 0 Å². The standard InChI is InChI=1S/C52H60N4O10/c1-51(46-8-4-22-53-46,47-9-5-23-54-47)40-13-17-42(18-14-40)63-34-30-59-26-28-61-32-36-65-44-21-12-39(50(57)58-3)38-45(44)66-37-33-62-29-27-60-31-35-64-43-19-15-41(16-20-43)52(2,48-10-6-24-55-48)49-11-7-25-56-49/h4-25,38,53-56H,26-37H2,1-3H3. The molecule has 14 heteroatoms. The lowest BCUT2D eigenvalue weighted by Gasteiger charge is -2.29. The number of carbonyl (C=O) groups is 1. The number of methoxy groups -OCH3 is 1. The van der Waals surface area contributed by atoms with E-state index in [0.29, 0.717) is 83.1 Å². The van der Waals surface area contributed by atoms with E-state index in [1.165, 1.54) is 7.11 Å². The zero-order valence-electron chi connectivity index (χ0n) is 37.8. The average Bonchev–Trinajstić information content (AvgIpc) is 4.22. The number of benzene rings is 3. The van der Waals surface area contributed by atoms with Crippen molar-refractivity contribution >= 4 is 5.97 Å². The fourth-order valence-electron chi connectivity index (χ4n) is 7.73. The summed E-state index contributed by atoms with van der Waals surface area (Å²) in [6.07, 6.45) is 7.77. The van der Waals surface area contributed by atoms with Crippen LogP contribution in [0.25, 0.3) is 0 Å². The van der Waals surface area contributed by atoms with Crippen LogP contribution in [0.4, 0.5) is 0 Å². The Balaban J connectivity index is 0.735. The number of rotatable bonds is 29. The molecule has 0 aliphatic carbocycles. The Morgan fingerprint density at radius 2 is 0.773 bits per heavy atom. The van der Waals surface area contributed by atoms with E-state index in [1.807, 2.05) is 73.3 Å². The van der Waals surface area contributed by atoms with Crippen LogP contribution < -0.4 is 18.9 Å². The Morgan fingerprint density at radius 3 is 1.12 bits per heavy atom. The van der Waals surface area contributed by atoms with Crippen molar-refractivity contribution in [1.82, 2.24) is 19.9 Å². The van der Waals surface area contributed by atoms with E-state index in [0.717, 1.165) is 45.4 Å². The van der Waals surface area contributed by atoms with Gasteiger partial charge in [0, 0.05) is 47.6 Å². The van der Waals surface area contributed by atoms with E-state index in [4.69, 9.17) is 42.6 Å². The van der Waals surface area contributed by atoms with Crippen molar-refractivity contribution in [3.8, 4) is 23.0 Å². The molecule has 0 unspecified atom stereocenters. The highest BCUT2D eigenvalue weighted by Crippen LogP contribution is 2.39. The predicted molar refractivity (Wildman–Crippen MR) is 250 cm³/mol. The predicted octanol–water partition coefficient (Wildman–Crippen LogP) is 8.48. The van der Waals surface area contributed by atoms with Gasteiger partial charge >= 0.3 is 5.97 Å². The number of nitrogens with one attached hydrogen (secondary N) is 4. The lowest BCUT2D eigenvalue weighted by molar-refractivity contribution is 0.0247. The van der Waals surface area contributed by atoms with Gasteiger partial charge in [-0.05, 0) is 116 Å². The first-order valence-electron chi connectivity index (χ1n) is 22.2. The molecule has 7 aromatic rings. The molecule has 3 aromatic carbocycles. The van der Waals surface area contributed by atoms with Crippen LogP contribution in [0.15, 0.2) is 140 Å². The van der Waals surface area contributed by atoms with Crippen LogP contribution in [0.3, 0.4) is 0 Å². The van der Waals surface area contributed by atoms with Crippen molar-refractivity contribution in [1.29, 1.82) is 0 Å². The minimum Gasteiger partial charge on any atom is -0.491 e. The number of aromatic nitrogens is 4.